The Morgan fingerprint density at radius 1 is 1.36 bits per heavy atom. The third kappa shape index (κ3) is 66.4. The number of ketones is 1. The van der Waals surface area contributed by atoms with E-state index in [-0.39, 0.29) is 26.8 Å². The maximum Gasteiger partial charge on any atom is 2.00 e. The minimum Gasteiger partial charge on any atom is -0.343 e. The molecule has 0 N–H and O–H groups in total. The van der Waals surface area contributed by atoms with Crippen molar-refractivity contribution in [1.29, 1.82) is 0 Å². The van der Waals surface area contributed by atoms with Gasteiger partial charge in [0.1, 0.15) is 0 Å². The fraction of sp³-hybridized carbons (Fsp3) is 0.667. The summed E-state index contributed by atoms with van der Waals surface area (Å²) in [5, 5.41) is 0. The van der Waals surface area contributed by atoms with E-state index in [1.807, 2.05) is 0 Å². The quantitative estimate of drug-likeness (QED) is 0.626. The zero-order chi connectivity index (χ0) is 8.78. The van der Waals surface area contributed by atoms with Crippen LogP contribution in [-0.4, -0.2) is 5.78 Å². The zero-order valence-electron chi connectivity index (χ0n) is 7.94. The van der Waals surface area contributed by atoms with Crippen molar-refractivity contribution in [2.24, 2.45) is 5.41 Å². The van der Waals surface area contributed by atoms with Gasteiger partial charge >= 0.3 is 21.1 Å². The van der Waals surface area contributed by atoms with Crippen LogP contribution in [0.25, 0.3) is 0 Å². The average molecular weight is 326 g/mol. The van der Waals surface area contributed by atoms with Crippen molar-refractivity contribution < 1.29 is 25.9 Å². The maximum absolute atomic E-state index is 9.33. The number of hydrogen-bond acceptors (Lipinski definition) is 1. The van der Waals surface area contributed by atoms with Gasteiger partial charge in [0.15, 0.2) is 0 Å². The molecule has 0 unspecified atom stereocenters. The van der Waals surface area contributed by atoms with Crippen molar-refractivity contribution in [2.45, 2.75) is 34.1 Å². The number of rotatable bonds is 0. The summed E-state index contributed by atoms with van der Waals surface area (Å²) in [4.78, 5) is 9.33. The van der Waals surface area contributed by atoms with Crippen molar-refractivity contribution in [3.05, 3.63) is 13.8 Å². The number of carbonyl (C=O) groups is 1. The predicted molar refractivity (Wildman–Crippen MR) is 45.5 cm³/mol. The molecule has 0 spiro atoms. The van der Waals surface area contributed by atoms with Crippen LogP contribution in [0.4, 0.5) is 0 Å². The molecule has 0 rings (SSSR count). The Morgan fingerprint density at radius 2 is 1.45 bits per heavy atom. The van der Waals surface area contributed by atoms with Crippen LogP contribution in [0.2, 0.25) is 0 Å². The molecule has 11 heavy (non-hydrogen) atoms. The first-order valence-corrected chi connectivity index (χ1v) is 3.41. The molecule has 0 aliphatic carbocycles. The van der Waals surface area contributed by atoms with Gasteiger partial charge in [-0.15, -0.1) is 0 Å². The van der Waals surface area contributed by atoms with Gasteiger partial charge < -0.3 is 18.6 Å². The molecular formula is C9H18OW. The molecular weight excluding hydrogens is 308 g/mol. The number of hydrogen-bond donors (Lipinski definition) is 0. The minimum atomic E-state index is -0.0833. The first kappa shape index (κ1) is 17.4. The molecule has 0 aromatic heterocycles. The molecule has 0 saturated heterocycles. The van der Waals surface area contributed by atoms with Crippen molar-refractivity contribution >= 4 is 5.78 Å². The zero-order valence-corrected chi connectivity index (χ0v) is 10.9. The summed E-state index contributed by atoms with van der Waals surface area (Å²) in [5.41, 5.74) is 0.431. The van der Waals surface area contributed by atoms with E-state index < -0.39 is 0 Å². The van der Waals surface area contributed by atoms with E-state index >= 15 is 0 Å². The maximum atomic E-state index is 9.33. The van der Waals surface area contributed by atoms with E-state index in [1.165, 1.54) is 6.92 Å². The van der Waals surface area contributed by atoms with Crippen LogP contribution >= 0.6 is 0 Å². The van der Waals surface area contributed by atoms with E-state index in [0.717, 1.165) is 6.42 Å². The van der Waals surface area contributed by atoms with Gasteiger partial charge in [0.05, 0.1) is 0 Å². The second-order valence-corrected chi connectivity index (χ2v) is 3.51. The third-order valence-electron chi connectivity index (χ3n) is 0.750. The first-order valence-electron chi connectivity index (χ1n) is 3.41. The summed E-state index contributed by atoms with van der Waals surface area (Å²) in [6.07, 6.45) is 1.02. The summed E-state index contributed by atoms with van der Waals surface area (Å²) >= 11 is 0. The molecule has 0 bridgehead atoms. The van der Waals surface area contributed by atoms with Crippen LogP contribution in [0, 0.1) is 19.3 Å². The van der Waals surface area contributed by atoms with Crippen LogP contribution < -0.4 is 0 Å². The number of Topliss-reactive ketones (excluding diaryl/α,β-unsaturated/α-hetero) is 1. The molecule has 2 heteroatoms. The van der Waals surface area contributed by atoms with Gasteiger partial charge in [0.25, 0.3) is 0 Å². The Hall–Kier alpha value is 0.228. The molecule has 0 saturated carbocycles. The van der Waals surface area contributed by atoms with E-state index in [1.54, 1.807) is 0 Å². The van der Waals surface area contributed by atoms with Gasteiger partial charge in [-0.2, -0.15) is 6.42 Å². The second-order valence-electron chi connectivity index (χ2n) is 3.51. The summed E-state index contributed by atoms with van der Waals surface area (Å²) in [6.45, 7) is 14.7. The van der Waals surface area contributed by atoms with Gasteiger partial charge in [-0.1, -0.05) is 26.2 Å². The van der Waals surface area contributed by atoms with Gasteiger partial charge in [0, 0.05) is 0 Å². The van der Waals surface area contributed by atoms with E-state index in [0.29, 0.717) is 5.41 Å². The topological polar surface area (TPSA) is 17.1 Å². The molecule has 0 fully saturated rings. The molecule has 0 radical (unpaired) electrons. The molecule has 0 aliphatic heterocycles. The van der Waals surface area contributed by atoms with Crippen molar-refractivity contribution in [2.75, 3.05) is 0 Å². The van der Waals surface area contributed by atoms with Crippen molar-refractivity contribution in [1.82, 2.24) is 0 Å². The van der Waals surface area contributed by atoms with Gasteiger partial charge in [-0.3, -0.25) is 0 Å². The monoisotopic (exact) mass is 326 g/mol. The van der Waals surface area contributed by atoms with Crippen molar-refractivity contribution in [3.8, 4) is 0 Å². The SMILES string of the molecule is [CH2-]C(C)=O.[CH2-]CC(C)(C)C.[W+2]. The molecule has 1 nitrogen and oxygen atoms in total. The Kier molecular flexibility index (Phi) is 13.1. The van der Waals surface area contributed by atoms with Crippen LogP contribution in [-0.2, 0) is 25.9 Å². The third-order valence-corrected chi connectivity index (χ3v) is 0.750. The predicted octanol–water partition coefficient (Wildman–Crippen LogP) is 2.66. The van der Waals surface area contributed by atoms with Gasteiger partial charge in [-0.25, -0.2) is 0 Å². The van der Waals surface area contributed by atoms with Gasteiger partial charge in [-0.05, 0) is 12.7 Å². The first-order chi connectivity index (χ1) is 4.29. The Labute approximate surface area is 85.2 Å². The molecule has 0 aromatic rings. The molecule has 66 valence electrons. The van der Waals surface area contributed by atoms with Crippen LogP contribution in [0.15, 0.2) is 0 Å². The fourth-order valence-corrected chi connectivity index (χ4v) is 0. The molecule has 0 amide bonds. The molecule has 0 heterocycles. The van der Waals surface area contributed by atoms with Crippen LogP contribution in [0.5, 0.6) is 0 Å². The summed E-state index contributed by atoms with van der Waals surface area (Å²) < 4.78 is 0. The standard InChI is InChI=1S/C6H13.C3H5O.W/c1-5-6(2,3)4;1-3(2)4;/h1,5H2,2-4H3;1H2,2H3;/q2*-1;+2. The Morgan fingerprint density at radius 3 is 1.45 bits per heavy atom. The fourth-order valence-electron chi connectivity index (χ4n) is 0. The van der Waals surface area contributed by atoms with Gasteiger partial charge in [0.2, 0.25) is 0 Å². The minimum absolute atomic E-state index is 0. The Balaban J connectivity index is -0.000000114. The van der Waals surface area contributed by atoms with E-state index in [4.69, 9.17) is 0 Å². The average Bonchev–Trinajstić information content (AvgIpc) is 1.63. The largest absolute Gasteiger partial charge is 2.00 e. The number of carbonyl (C=O) groups excluding carboxylic acids is 1. The van der Waals surface area contributed by atoms with E-state index in [2.05, 4.69) is 34.6 Å². The van der Waals surface area contributed by atoms with Crippen molar-refractivity contribution in [3.63, 3.8) is 0 Å². The molecule has 0 atom stereocenters. The summed E-state index contributed by atoms with van der Waals surface area (Å²) in [6, 6.07) is 0. The second kappa shape index (κ2) is 8.33. The summed E-state index contributed by atoms with van der Waals surface area (Å²) in [5.74, 6) is -0.0833. The van der Waals surface area contributed by atoms with Crippen LogP contribution in [0.1, 0.15) is 34.1 Å². The van der Waals surface area contributed by atoms with E-state index in [9.17, 15) is 4.79 Å². The summed E-state index contributed by atoms with van der Waals surface area (Å²) in [7, 11) is 0. The molecule has 0 aliphatic rings. The molecule has 0 aromatic carbocycles. The Bertz CT molecular complexity index is 88.2. The normalized spacial score (nSPS) is 8.82. The van der Waals surface area contributed by atoms with Crippen LogP contribution in [0.3, 0.4) is 0 Å². The smallest absolute Gasteiger partial charge is 0.343 e.